The Bertz CT molecular complexity index is 191. The fraction of sp³-hybridized carbons (Fsp3) is 0.429. The van der Waals surface area contributed by atoms with E-state index in [9.17, 15) is 4.39 Å². The maximum Gasteiger partial charge on any atom is 0.176 e. The minimum Gasteiger partial charge on any atom is -0.195 e. The Morgan fingerprint density at radius 3 is 2.33 bits per heavy atom. The summed E-state index contributed by atoms with van der Waals surface area (Å²) in [6.07, 6.45) is 0. The van der Waals surface area contributed by atoms with Crippen LogP contribution in [0.3, 0.4) is 0 Å². The molecule has 0 radical (unpaired) electrons. The van der Waals surface area contributed by atoms with Gasteiger partial charge in [0.1, 0.15) is 0 Å². The minimum absolute atomic E-state index is 0.0845. The summed E-state index contributed by atoms with van der Waals surface area (Å²) in [5.41, 5.74) is 0. The summed E-state index contributed by atoms with van der Waals surface area (Å²) in [5, 5.41) is -0.0845. The van der Waals surface area contributed by atoms with Crippen molar-refractivity contribution in [3.8, 4) is 0 Å². The molecule has 0 N–H and O–H groups in total. The minimum atomic E-state index is -0.0845. The van der Waals surface area contributed by atoms with Crippen molar-refractivity contribution >= 4 is 11.3 Å². The predicted octanol–water partition coefficient (Wildman–Crippen LogP) is 3.01. The number of thiophene rings is 1. The van der Waals surface area contributed by atoms with E-state index in [0.717, 1.165) is 4.88 Å². The molecule has 0 atom stereocenters. The second-order valence-corrected chi connectivity index (χ2v) is 3.36. The van der Waals surface area contributed by atoms with E-state index < -0.39 is 0 Å². The molecule has 1 aromatic heterocycles. The zero-order valence-electron chi connectivity index (χ0n) is 5.52. The van der Waals surface area contributed by atoms with Crippen LogP contribution in [0, 0.1) is 5.13 Å². The van der Waals surface area contributed by atoms with Crippen LogP contribution in [0.15, 0.2) is 12.1 Å². The molecule has 0 aliphatic rings. The highest BCUT2D eigenvalue weighted by Crippen LogP contribution is 2.22. The Morgan fingerprint density at radius 2 is 2.11 bits per heavy atom. The Kier molecular flexibility index (Phi) is 1.86. The van der Waals surface area contributed by atoms with E-state index in [1.54, 1.807) is 0 Å². The molecular formula is C7H9FS. The Hall–Kier alpha value is -0.370. The van der Waals surface area contributed by atoms with Crippen LogP contribution in [-0.2, 0) is 0 Å². The molecular weight excluding hydrogens is 135 g/mol. The van der Waals surface area contributed by atoms with Crippen molar-refractivity contribution in [3.63, 3.8) is 0 Å². The highest BCUT2D eigenvalue weighted by atomic mass is 32.1. The molecule has 0 aliphatic carbocycles. The molecule has 0 fully saturated rings. The van der Waals surface area contributed by atoms with E-state index in [1.165, 1.54) is 17.4 Å². The summed E-state index contributed by atoms with van der Waals surface area (Å²) in [6.45, 7) is 4.12. The van der Waals surface area contributed by atoms with Crippen molar-refractivity contribution < 1.29 is 4.39 Å². The topological polar surface area (TPSA) is 0 Å². The largest absolute Gasteiger partial charge is 0.195 e. The summed E-state index contributed by atoms with van der Waals surface area (Å²) >= 11 is 1.23. The molecule has 0 saturated heterocycles. The molecule has 1 heterocycles. The van der Waals surface area contributed by atoms with Gasteiger partial charge in [0.05, 0.1) is 0 Å². The highest BCUT2D eigenvalue weighted by molar-refractivity contribution is 7.10. The summed E-state index contributed by atoms with van der Waals surface area (Å²) in [5.74, 6) is 0.458. The lowest BCUT2D eigenvalue weighted by Gasteiger charge is -1.95. The van der Waals surface area contributed by atoms with E-state index >= 15 is 0 Å². The van der Waals surface area contributed by atoms with Crippen LogP contribution in [0.5, 0.6) is 0 Å². The monoisotopic (exact) mass is 144 g/mol. The smallest absolute Gasteiger partial charge is 0.176 e. The van der Waals surface area contributed by atoms with Crippen LogP contribution in [0.1, 0.15) is 24.6 Å². The van der Waals surface area contributed by atoms with Crippen molar-refractivity contribution in [2.75, 3.05) is 0 Å². The molecule has 2 heteroatoms. The van der Waals surface area contributed by atoms with Crippen molar-refractivity contribution in [2.45, 2.75) is 19.8 Å². The first-order chi connectivity index (χ1) is 4.20. The van der Waals surface area contributed by atoms with E-state index in [4.69, 9.17) is 0 Å². The van der Waals surface area contributed by atoms with Crippen LogP contribution < -0.4 is 0 Å². The molecule has 9 heavy (non-hydrogen) atoms. The van der Waals surface area contributed by atoms with Gasteiger partial charge in [-0.1, -0.05) is 13.8 Å². The molecule has 50 valence electrons. The standard InChI is InChI=1S/C7H9FS/c1-5(2)6-3-4-7(8)9-6/h3-5H,1-2H3. The first kappa shape index (κ1) is 6.75. The quantitative estimate of drug-likeness (QED) is 0.568. The molecule has 0 aromatic carbocycles. The van der Waals surface area contributed by atoms with Gasteiger partial charge < -0.3 is 0 Å². The third kappa shape index (κ3) is 1.52. The van der Waals surface area contributed by atoms with Gasteiger partial charge in [-0.05, 0) is 18.1 Å². The second kappa shape index (κ2) is 2.48. The van der Waals surface area contributed by atoms with Crippen LogP contribution >= 0.6 is 11.3 Å². The first-order valence-corrected chi connectivity index (χ1v) is 3.77. The second-order valence-electron chi connectivity index (χ2n) is 2.30. The normalized spacial score (nSPS) is 10.7. The zero-order valence-corrected chi connectivity index (χ0v) is 6.33. The van der Waals surface area contributed by atoms with Gasteiger partial charge in [0, 0.05) is 4.88 Å². The molecule has 0 amide bonds. The molecule has 0 bridgehead atoms. The van der Waals surface area contributed by atoms with Crippen LogP contribution in [0.2, 0.25) is 0 Å². The third-order valence-corrected chi connectivity index (χ3v) is 2.34. The highest BCUT2D eigenvalue weighted by Gasteiger charge is 2.01. The number of halogens is 1. The summed E-state index contributed by atoms with van der Waals surface area (Å²) in [7, 11) is 0. The average Bonchev–Trinajstić information content (AvgIpc) is 2.14. The van der Waals surface area contributed by atoms with Crippen molar-refractivity contribution in [1.29, 1.82) is 0 Å². The molecule has 1 rings (SSSR count). The lowest BCUT2D eigenvalue weighted by molar-refractivity contribution is 0.657. The Morgan fingerprint density at radius 1 is 1.44 bits per heavy atom. The summed E-state index contributed by atoms with van der Waals surface area (Å²) in [4.78, 5) is 1.12. The van der Waals surface area contributed by atoms with Gasteiger partial charge in [-0.2, -0.15) is 4.39 Å². The van der Waals surface area contributed by atoms with Crippen molar-refractivity contribution in [1.82, 2.24) is 0 Å². The molecule has 0 saturated carbocycles. The molecule has 0 aliphatic heterocycles. The van der Waals surface area contributed by atoms with Gasteiger partial charge in [0.2, 0.25) is 0 Å². The maximum absolute atomic E-state index is 12.3. The first-order valence-electron chi connectivity index (χ1n) is 2.95. The van der Waals surface area contributed by atoms with E-state index in [-0.39, 0.29) is 5.13 Å². The van der Waals surface area contributed by atoms with Gasteiger partial charge in [-0.3, -0.25) is 0 Å². The van der Waals surface area contributed by atoms with Crippen LogP contribution in [0.4, 0.5) is 4.39 Å². The number of hydrogen-bond acceptors (Lipinski definition) is 1. The maximum atomic E-state index is 12.3. The van der Waals surface area contributed by atoms with E-state index in [2.05, 4.69) is 13.8 Å². The van der Waals surface area contributed by atoms with Gasteiger partial charge in [0.15, 0.2) is 5.13 Å². The lowest BCUT2D eigenvalue weighted by Crippen LogP contribution is -1.77. The predicted molar refractivity (Wildman–Crippen MR) is 38.4 cm³/mol. The van der Waals surface area contributed by atoms with Gasteiger partial charge in [0.25, 0.3) is 0 Å². The third-order valence-electron chi connectivity index (χ3n) is 1.16. The SMILES string of the molecule is CC(C)c1ccc(F)s1. The number of hydrogen-bond donors (Lipinski definition) is 0. The lowest BCUT2D eigenvalue weighted by atomic mass is 10.2. The fourth-order valence-electron chi connectivity index (χ4n) is 0.639. The zero-order chi connectivity index (χ0) is 6.85. The Balaban J connectivity index is 2.85. The molecule has 1 aromatic rings. The molecule has 0 spiro atoms. The van der Waals surface area contributed by atoms with Gasteiger partial charge in [-0.15, -0.1) is 11.3 Å². The molecule has 0 nitrogen and oxygen atoms in total. The van der Waals surface area contributed by atoms with E-state index in [0.29, 0.717) is 5.92 Å². The average molecular weight is 144 g/mol. The van der Waals surface area contributed by atoms with Gasteiger partial charge in [-0.25, -0.2) is 0 Å². The number of rotatable bonds is 1. The van der Waals surface area contributed by atoms with E-state index in [1.807, 2.05) is 6.07 Å². The molecule has 0 unspecified atom stereocenters. The van der Waals surface area contributed by atoms with Crippen molar-refractivity contribution in [2.24, 2.45) is 0 Å². The van der Waals surface area contributed by atoms with Crippen LogP contribution in [-0.4, -0.2) is 0 Å². The van der Waals surface area contributed by atoms with Gasteiger partial charge >= 0.3 is 0 Å². The fourth-order valence-corrected chi connectivity index (χ4v) is 1.37. The summed E-state index contributed by atoms with van der Waals surface area (Å²) < 4.78 is 12.3. The summed E-state index contributed by atoms with van der Waals surface area (Å²) in [6, 6.07) is 3.35. The van der Waals surface area contributed by atoms with Crippen LogP contribution in [0.25, 0.3) is 0 Å². The van der Waals surface area contributed by atoms with Crippen molar-refractivity contribution in [3.05, 3.63) is 22.1 Å². The Labute approximate surface area is 58.3 Å².